The van der Waals surface area contributed by atoms with Gasteiger partial charge in [0.15, 0.2) is 0 Å². The number of rotatable bonds is 1. The molecule has 96 valence electrons. The normalized spacial score (nSPS) is 42.6. The highest BCUT2D eigenvalue weighted by Gasteiger charge is 2.35. The molecule has 1 heterocycles. The molecule has 1 saturated heterocycles. The van der Waals surface area contributed by atoms with Gasteiger partial charge in [-0.3, -0.25) is 0 Å². The molecule has 2 aliphatic rings. The lowest BCUT2D eigenvalue weighted by Gasteiger charge is -2.38. The summed E-state index contributed by atoms with van der Waals surface area (Å²) < 4.78 is 0. The van der Waals surface area contributed by atoms with Crippen LogP contribution >= 0.6 is 0 Å². The summed E-state index contributed by atoms with van der Waals surface area (Å²) >= 11 is 0. The summed E-state index contributed by atoms with van der Waals surface area (Å²) in [6.07, 6.45) is 9.01. The monoisotopic (exact) mass is 248 g/mol. The van der Waals surface area contributed by atoms with Crippen LogP contribution in [0.1, 0.15) is 52.4 Å². The van der Waals surface area contributed by atoms with Crippen LogP contribution in [0, 0.1) is 29.2 Å². The summed E-state index contributed by atoms with van der Waals surface area (Å²) in [5.74, 6) is 6.32. The molecule has 0 amide bonds. The predicted octanol–water partition coefficient (Wildman–Crippen LogP) is 4.86. The highest BCUT2D eigenvalue weighted by atomic mass is 28.3. The first-order valence-corrected chi connectivity index (χ1v) is 10.5. The largest absolute Gasteiger partial charge is 0.135 e. The van der Waals surface area contributed by atoms with Crippen LogP contribution in [-0.2, 0) is 0 Å². The summed E-state index contributed by atoms with van der Waals surface area (Å²) in [6, 6.07) is 2.95. The lowest BCUT2D eigenvalue weighted by Crippen LogP contribution is -2.36. The summed E-state index contributed by atoms with van der Waals surface area (Å²) in [5, 5.41) is 0. The van der Waals surface area contributed by atoms with Crippen LogP contribution in [0.5, 0.6) is 0 Å². The molecule has 0 N–H and O–H groups in total. The van der Waals surface area contributed by atoms with Crippen LogP contribution in [0.4, 0.5) is 0 Å². The van der Waals surface area contributed by atoms with Gasteiger partial charge in [-0.05, 0) is 49.6 Å². The van der Waals surface area contributed by atoms with Crippen molar-refractivity contribution in [2.45, 2.75) is 71.0 Å². The van der Waals surface area contributed by atoms with Crippen molar-refractivity contribution in [1.82, 2.24) is 0 Å². The Kier molecular flexibility index (Phi) is 4.36. The minimum Gasteiger partial charge on any atom is -0.132 e. The molecule has 1 heteroatoms. The van der Waals surface area contributed by atoms with Gasteiger partial charge in [-0.1, -0.05) is 39.2 Å². The molecule has 0 aromatic heterocycles. The second kappa shape index (κ2) is 5.61. The zero-order valence-corrected chi connectivity index (χ0v) is 12.9. The highest BCUT2D eigenvalue weighted by Crippen LogP contribution is 2.42. The van der Waals surface area contributed by atoms with Gasteiger partial charge in [0, 0.05) is 0 Å². The van der Waals surface area contributed by atoms with E-state index < -0.39 is 8.07 Å². The first-order valence-electron chi connectivity index (χ1n) is 7.57. The van der Waals surface area contributed by atoms with Crippen molar-refractivity contribution in [2.75, 3.05) is 0 Å². The molecule has 2 fully saturated rings. The smallest absolute Gasteiger partial charge is 0.132 e. The van der Waals surface area contributed by atoms with E-state index in [1.165, 1.54) is 50.6 Å². The Morgan fingerprint density at radius 3 is 1.94 bits per heavy atom. The molecule has 1 saturated carbocycles. The molecule has 0 aromatic carbocycles. The SMILES string of the molecule is CC#C[Si]1(C)CCC(C2CCC(C)CC2)CC1. The highest BCUT2D eigenvalue weighted by molar-refractivity contribution is 6.86. The quantitative estimate of drug-likeness (QED) is 0.459. The van der Waals surface area contributed by atoms with Crippen molar-refractivity contribution >= 4 is 8.07 Å². The topological polar surface area (TPSA) is 0 Å². The van der Waals surface area contributed by atoms with Gasteiger partial charge < -0.3 is 0 Å². The standard InChI is InChI=1S/C16H28Si/c1-4-11-17(3)12-9-16(10-13-17)15-7-5-14(2)6-8-15/h14-16H,5-10,12-13H2,1-3H3. The second-order valence-corrected chi connectivity index (χ2v) is 11.2. The summed E-state index contributed by atoms with van der Waals surface area (Å²) in [4.78, 5) is 0. The van der Waals surface area contributed by atoms with Crippen molar-refractivity contribution in [3.8, 4) is 11.5 Å². The predicted molar refractivity (Wildman–Crippen MR) is 78.5 cm³/mol. The maximum absolute atomic E-state index is 3.58. The van der Waals surface area contributed by atoms with Gasteiger partial charge in [-0.2, -0.15) is 0 Å². The molecular weight excluding hydrogens is 220 g/mol. The third-order valence-electron chi connectivity index (χ3n) is 5.29. The van der Waals surface area contributed by atoms with Crippen LogP contribution in [0.2, 0.25) is 18.6 Å². The number of hydrogen-bond donors (Lipinski definition) is 0. The molecule has 1 aliphatic heterocycles. The van der Waals surface area contributed by atoms with E-state index >= 15 is 0 Å². The lowest BCUT2D eigenvalue weighted by atomic mass is 9.74. The molecule has 2 rings (SSSR count). The molecule has 17 heavy (non-hydrogen) atoms. The molecule has 0 unspecified atom stereocenters. The Morgan fingerprint density at radius 2 is 1.41 bits per heavy atom. The average Bonchev–Trinajstić information content (AvgIpc) is 2.31. The fraction of sp³-hybridized carbons (Fsp3) is 0.875. The Balaban J connectivity index is 1.84. The molecule has 0 radical (unpaired) electrons. The summed E-state index contributed by atoms with van der Waals surface area (Å²) in [7, 11) is -1.12. The van der Waals surface area contributed by atoms with E-state index in [0.29, 0.717) is 0 Å². The van der Waals surface area contributed by atoms with Crippen LogP contribution in [0.3, 0.4) is 0 Å². The lowest BCUT2D eigenvalue weighted by molar-refractivity contribution is 0.198. The minimum atomic E-state index is -1.12. The van der Waals surface area contributed by atoms with E-state index in [2.05, 4.69) is 24.9 Å². The zero-order valence-electron chi connectivity index (χ0n) is 11.9. The first-order chi connectivity index (χ1) is 8.13. The van der Waals surface area contributed by atoms with E-state index in [1.54, 1.807) is 0 Å². The van der Waals surface area contributed by atoms with E-state index in [9.17, 15) is 0 Å². The van der Waals surface area contributed by atoms with Gasteiger partial charge in [0.1, 0.15) is 8.07 Å². The Labute approximate surface area is 109 Å². The Morgan fingerprint density at radius 1 is 0.882 bits per heavy atom. The number of hydrogen-bond acceptors (Lipinski definition) is 0. The molecule has 0 spiro atoms. The van der Waals surface area contributed by atoms with Gasteiger partial charge in [-0.15, -0.1) is 11.5 Å². The van der Waals surface area contributed by atoms with Gasteiger partial charge in [0.25, 0.3) is 0 Å². The zero-order chi connectivity index (χ0) is 12.3. The second-order valence-electron chi connectivity index (χ2n) is 6.79. The van der Waals surface area contributed by atoms with Gasteiger partial charge in [0.2, 0.25) is 0 Å². The third-order valence-corrected chi connectivity index (χ3v) is 8.93. The minimum absolute atomic E-state index is 1.00. The molecular formula is C16H28Si. The van der Waals surface area contributed by atoms with Crippen molar-refractivity contribution in [3.63, 3.8) is 0 Å². The fourth-order valence-electron chi connectivity index (χ4n) is 3.93. The maximum atomic E-state index is 3.58. The van der Waals surface area contributed by atoms with Gasteiger partial charge in [-0.25, -0.2) is 0 Å². The summed E-state index contributed by atoms with van der Waals surface area (Å²) in [5.41, 5.74) is 3.58. The first kappa shape index (κ1) is 13.2. The average molecular weight is 248 g/mol. The van der Waals surface area contributed by atoms with E-state index in [4.69, 9.17) is 0 Å². The molecule has 0 aromatic rings. The third kappa shape index (κ3) is 3.38. The van der Waals surface area contributed by atoms with Gasteiger partial charge in [0.05, 0.1) is 0 Å². The van der Waals surface area contributed by atoms with E-state index in [0.717, 1.165) is 17.8 Å². The molecule has 1 aliphatic carbocycles. The van der Waals surface area contributed by atoms with E-state index in [1.807, 2.05) is 6.92 Å². The van der Waals surface area contributed by atoms with Crippen molar-refractivity contribution in [1.29, 1.82) is 0 Å². The van der Waals surface area contributed by atoms with Crippen LogP contribution in [0.15, 0.2) is 0 Å². The van der Waals surface area contributed by atoms with Crippen molar-refractivity contribution < 1.29 is 0 Å². The van der Waals surface area contributed by atoms with E-state index in [-0.39, 0.29) is 0 Å². The summed E-state index contributed by atoms with van der Waals surface area (Å²) in [6.45, 7) is 6.95. The molecule has 0 bridgehead atoms. The Bertz CT molecular complexity index is 293. The molecule has 0 atom stereocenters. The maximum Gasteiger partial charge on any atom is 0.135 e. The van der Waals surface area contributed by atoms with Crippen LogP contribution in [-0.4, -0.2) is 8.07 Å². The van der Waals surface area contributed by atoms with Crippen molar-refractivity contribution in [2.24, 2.45) is 17.8 Å². The van der Waals surface area contributed by atoms with Crippen LogP contribution in [0.25, 0.3) is 0 Å². The fourth-order valence-corrected chi connectivity index (χ4v) is 7.05. The molecule has 0 nitrogen and oxygen atoms in total. The van der Waals surface area contributed by atoms with Gasteiger partial charge >= 0.3 is 0 Å². The van der Waals surface area contributed by atoms with Crippen molar-refractivity contribution in [3.05, 3.63) is 0 Å². The van der Waals surface area contributed by atoms with Crippen LogP contribution < -0.4 is 0 Å². The Hall–Kier alpha value is -0.223.